The zero-order chi connectivity index (χ0) is 9.40. The van der Waals surface area contributed by atoms with Crippen molar-refractivity contribution in [2.75, 3.05) is 6.54 Å². The Morgan fingerprint density at radius 1 is 1.50 bits per heavy atom. The average Bonchev–Trinajstić information content (AvgIpc) is 2.02. The van der Waals surface area contributed by atoms with Gasteiger partial charge in [-0.3, -0.25) is 0 Å². The normalized spacial score (nSPS) is 11.0. The number of hydrogen-bond acceptors (Lipinski definition) is 2. The standard InChI is InChI=1S/C10H18N2/c1-4-5-6-7-10(8-11)12-9(2)3/h4,7,12H,1-2,5-6,8,11H2,3H3/b10-7+. The lowest BCUT2D eigenvalue weighted by Gasteiger charge is -2.07. The summed E-state index contributed by atoms with van der Waals surface area (Å²) in [6.45, 7) is 9.83. The summed E-state index contributed by atoms with van der Waals surface area (Å²) in [5, 5.41) is 3.10. The molecule has 12 heavy (non-hydrogen) atoms. The molecule has 0 heterocycles. The number of hydrogen-bond donors (Lipinski definition) is 2. The molecule has 0 amide bonds. The van der Waals surface area contributed by atoms with E-state index in [0.717, 1.165) is 24.2 Å². The molecule has 0 aromatic rings. The van der Waals surface area contributed by atoms with E-state index in [0.29, 0.717) is 6.54 Å². The van der Waals surface area contributed by atoms with E-state index in [-0.39, 0.29) is 0 Å². The summed E-state index contributed by atoms with van der Waals surface area (Å²) in [5.74, 6) is 0. The molecular weight excluding hydrogens is 148 g/mol. The van der Waals surface area contributed by atoms with Crippen LogP contribution in [0.3, 0.4) is 0 Å². The van der Waals surface area contributed by atoms with E-state index < -0.39 is 0 Å². The Labute approximate surface area is 74.8 Å². The first-order valence-electron chi connectivity index (χ1n) is 4.13. The number of nitrogens with two attached hydrogens (primary N) is 1. The molecule has 0 fully saturated rings. The third-order valence-electron chi connectivity index (χ3n) is 1.36. The van der Waals surface area contributed by atoms with Crippen LogP contribution in [-0.4, -0.2) is 6.54 Å². The zero-order valence-corrected chi connectivity index (χ0v) is 7.77. The van der Waals surface area contributed by atoms with Crippen molar-refractivity contribution in [2.24, 2.45) is 5.73 Å². The first kappa shape index (κ1) is 11.0. The van der Waals surface area contributed by atoms with Crippen LogP contribution in [0.15, 0.2) is 36.7 Å². The maximum absolute atomic E-state index is 5.51. The molecule has 68 valence electrons. The summed E-state index contributed by atoms with van der Waals surface area (Å²) in [4.78, 5) is 0. The van der Waals surface area contributed by atoms with Gasteiger partial charge in [0.25, 0.3) is 0 Å². The van der Waals surface area contributed by atoms with E-state index in [9.17, 15) is 0 Å². The van der Waals surface area contributed by atoms with Crippen LogP contribution in [0, 0.1) is 0 Å². The second kappa shape index (κ2) is 6.68. The molecular formula is C10H18N2. The quantitative estimate of drug-likeness (QED) is 0.467. The lowest BCUT2D eigenvalue weighted by molar-refractivity contribution is 0.891. The van der Waals surface area contributed by atoms with Crippen LogP contribution < -0.4 is 11.1 Å². The smallest absolute Gasteiger partial charge is 0.0328 e. The van der Waals surface area contributed by atoms with Crippen molar-refractivity contribution in [3.05, 3.63) is 36.7 Å². The monoisotopic (exact) mass is 166 g/mol. The summed E-state index contributed by atoms with van der Waals surface area (Å²) in [6, 6.07) is 0. The molecule has 0 aliphatic carbocycles. The molecule has 0 aliphatic heterocycles. The summed E-state index contributed by atoms with van der Waals surface area (Å²) >= 11 is 0. The third-order valence-corrected chi connectivity index (χ3v) is 1.36. The van der Waals surface area contributed by atoms with E-state index >= 15 is 0 Å². The Morgan fingerprint density at radius 2 is 2.17 bits per heavy atom. The SMILES string of the molecule is C=CCC/C=C(\CN)NC(=C)C. The minimum Gasteiger partial charge on any atom is -0.362 e. The van der Waals surface area contributed by atoms with Crippen molar-refractivity contribution >= 4 is 0 Å². The van der Waals surface area contributed by atoms with Crippen molar-refractivity contribution in [2.45, 2.75) is 19.8 Å². The van der Waals surface area contributed by atoms with Crippen LogP contribution in [0.5, 0.6) is 0 Å². The van der Waals surface area contributed by atoms with Crippen LogP contribution in [0.1, 0.15) is 19.8 Å². The van der Waals surface area contributed by atoms with Crippen molar-refractivity contribution in [1.82, 2.24) is 5.32 Å². The zero-order valence-electron chi connectivity index (χ0n) is 7.77. The topological polar surface area (TPSA) is 38.0 Å². The van der Waals surface area contributed by atoms with Crippen LogP contribution in [-0.2, 0) is 0 Å². The van der Waals surface area contributed by atoms with Gasteiger partial charge < -0.3 is 11.1 Å². The van der Waals surface area contributed by atoms with E-state index in [1.165, 1.54) is 0 Å². The second-order valence-corrected chi connectivity index (χ2v) is 2.70. The summed E-state index contributed by atoms with van der Waals surface area (Å²) in [5.41, 5.74) is 7.46. The molecule has 3 N–H and O–H groups in total. The summed E-state index contributed by atoms with van der Waals surface area (Å²) < 4.78 is 0. The van der Waals surface area contributed by atoms with Gasteiger partial charge in [-0.05, 0) is 19.8 Å². The van der Waals surface area contributed by atoms with Crippen LogP contribution in [0.4, 0.5) is 0 Å². The molecule has 0 aliphatic rings. The summed E-state index contributed by atoms with van der Waals surface area (Å²) in [6.07, 6.45) is 5.94. The van der Waals surface area contributed by atoms with E-state index in [1.807, 2.05) is 13.0 Å². The van der Waals surface area contributed by atoms with Gasteiger partial charge in [0.05, 0.1) is 0 Å². The summed E-state index contributed by atoms with van der Waals surface area (Å²) in [7, 11) is 0. The van der Waals surface area contributed by atoms with Gasteiger partial charge in [0.1, 0.15) is 0 Å². The number of allylic oxidation sites excluding steroid dienone is 3. The largest absolute Gasteiger partial charge is 0.362 e. The van der Waals surface area contributed by atoms with E-state index in [4.69, 9.17) is 5.73 Å². The average molecular weight is 166 g/mol. The van der Waals surface area contributed by atoms with E-state index in [2.05, 4.69) is 24.6 Å². The van der Waals surface area contributed by atoms with E-state index in [1.54, 1.807) is 0 Å². The predicted octanol–water partition coefficient (Wildman–Crippen LogP) is 1.92. The predicted molar refractivity (Wildman–Crippen MR) is 54.5 cm³/mol. The van der Waals surface area contributed by atoms with Crippen molar-refractivity contribution in [3.8, 4) is 0 Å². The van der Waals surface area contributed by atoms with Gasteiger partial charge >= 0.3 is 0 Å². The highest BCUT2D eigenvalue weighted by molar-refractivity contribution is 5.08. The Morgan fingerprint density at radius 3 is 2.58 bits per heavy atom. The second-order valence-electron chi connectivity index (χ2n) is 2.70. The molecule has 0 aromatic carbocycles. The minimum atomic E-state index is 0.532. The van der Waals surface area contributed by atoms with Crippen molar-refractivity contribution < 1.29 is 0 Å². The van der Waals surface area contributed by atoms with Gasteiger partial charge in [-0.2, -0.15) is 0 Å². The Balaban J connectivity index is 3.86. The van der Waals surface area contributed by atoms with Crippen LogP contribution in [0.2, 0.25) is 0 Å². The molecule has 0 aromatic heterocycles. The maximum atomic E-state index is 5.51. The molecule has 2 nitrogen and oxygen atoms in total. The Hall–Kier alpha value is -1.02. The van der Waals surface area contributed by atoms with Crippen molar-refractivity contribution in [3.63, 3.8) is 0 Å². The molecule has 0 saturated heterocycles. The fourth-order valence-electron chi connectivity index (χ4n) is 0.835. The highest BCUT2D eigenvalue weighted by atomic mass is 14.9. The van der Waals surface area contributed by atoms with Gasteiger partial charge in [-0.25, -0.2) is 0 Å². The van der Waals surface area contributed by atoms with Gasteiger partial charge in [0.15, 0.2) is 0 Å². The third kappa shape index (κ3) is 5.74. The fourth-order valence-corrected chi connectivity index (χ4v) is 0.835. The lowest BCUT2D eigenvalue weighted by Crippen LogP contribution is -2.17. The van der Waals surface area contributed by atoms with Crippen LogP contribution >= 0.6 is 0 Å². The van der Waals surface area contributed by atoms with Gasteiger partial charge in [0, 0.05) is 17.9 Å². The Bertz CT molecular complexity index is 180. The molecule has 0 radical (unpaired) electrons. The van der Waals surface area contributed by atoms with Gasteiger partial charge in [0.2, 0.25) is 0 Å². The molecule has 2 heteroatoms. The molecule has 0 spiro atoms. The molecule has 0 atom stereocenters. The highest BCUT2D eigenvalue weighted by Gasteiger charge is 1.91. The number of unbranched alkanes of at least 4 members (excludes halogenated alkanes) is 1. The van der Waals surface area contributed by atoms with Crippen molar-refractivity contribution in [1.29, 1.82) is 0 Å². The molecule has 0 rings (SSSR count). The molecule has 0 saturated carbocycles. The minimum absolute atomic E-state index is 0.532. The van der Waals surface area contributed by atoms with Gasteiger partial charge in [-0.15, -0.1) is 6.58 Å². The van der Waals surface area contributed by atoms with Gasteiger partial charge in [-0.1, -0.05) is 18.7 Å². The maximum Gasteiger partial charge on any atom is 0.0328 e. The first-order valence-corrected chi connectivity index (χ1v) is 4.13. The lowest BCUT2D eigenvalue weighted by atomic mass is 10.2. The number of rotatable bonds is 6. The highest BCUT2D eigenvalue weighted by Crippen LogP contribution is 1.97. The molecule has 0 unspecified atom stereocenters. The van der Waals surface area contributed by atoms with Crippen LogP contribution in [0.25, 0.3) is 0 Å². The first-order chi connectivity index (χ1) is 5.70. The molecule has 0 bridgehead atoms. The fraction of sp³-hybridized carbons (Fsp3) is 0.400. The number of nitrogens with one attached hydrogen (secondary N) is 1. The Kier molecular flexibility index (Phi) is 6.11.